The third-order valence-corrected chi connectivity index (χ3v) is 1.45. The molecule has 1 N–H and O–H groups in total. The molecule has 0 aliphatic rings. The van der Waals surface area contributed by atoms with Crippen LogP contribution in [0.15, 0.2) is 0 Å². The average Bonchev–Trinajstić information content (AvgIpc) is 2.12. The maximum absolute atomic E-state index is 11.2. The lowest BCUT2D eigenvalue weighted by Gasteiger charge is -2.19. The third kappa shape index (κ3) is 12.6. The van der Waals surface area contributed by atoms with Crippen LogP contribution < -0.4 is 5.32 Å². The minimum Gasteiger partial charge on any atom is -0.463 e. The van der Waals surface area contributed by atoms with Crippen LogP contribution in [0.25, 0.3) is 0 Å². The van der Waals surface area contributed by atoms with Crippen LogP contribution >= 0.6 is 0 Å². The number of amides is 1. The van der Waals surface area contributed by atoms with Crippen molar-refractivity contribution in [1.82, 2.24) is 5.32 Å². The number of rotatable bonds is 6. The van der Waals surface area contributed by atoms with E-state index in [1.807, 2.05) is 0 Å². The number of carbonyl (C=O) groups is 2. The summed E-state index contributed by atoms with van der Waals surface area (Å²) in [5, 5.41) is 2.54. The summed E-state index contributed by atoms with van der Waals surface area (Å²) in [6.07, 6.45) is -0.471. The predicted molar refractivity (Wildman–Crippen MR) is 61.7 cm³/mol. The summed E-state index contributed by atoms with van der Waals surface area (Å²) in [6, 6.07) is 0. The van der Waals surface area contributed by atoms with Gasteiger partial charge < -0.3 is 19.5 Å². The lowest BCUT2D eigenvalue weighted by Crippen LogP contribution is -2.34. The van der Waals surface area contributed by atoms with Crippen LogP contribution in [0.1, 0.15) is 27.7 Å². The van der Waals surface area contributed by atoms with Gasteiger partial charge in [0.2, 0.25) is 0 Å². The summed E-state index contributed by atoms with van der Waals surface area (Å²) in [5.41, 5.74) is -0.500. The van der Waals surface area contributed by atoms with E-state index in [1.165, 1.54) is 6.92 Å². The average molecular weight is 247 g/mol. The van der Waals surface area contributed by atoms with Crippen molar-refractivity contribution in [3.63, 3.8) is 0 Å². The van der Waals surface area contributed by atoms with Gasteiger partial charge in [0.25, 0.3) is 0 Å². The van der Waals surface area contributed by atoms with Gasteiger partial charge in [-0.25, -0.2) is 4.79 Å². The van der Waals surface area contributed by atoms with Crippen LogP contribution in [0.4, 0.5) is 4.79 Å². The Labute approximate surface area is 102 Å². The van der Waals surface area contributed by atoms with Gasteiger partial charge in [-0.3, -0.25) is 4.79 Å². The third-order valence-electron chi connectivity index (χ3n) is 1.45. The largest absolute Gasteiger partial charge is 0.463 e. The molecule has 0 aromatic carbocycles. The Morgan fingerprint density at radius 1 is 1.12 bits per heavy atom. The molecule has 0 aromatic rings. The molecule has 0 unspecified atom stereocenters. The highest BCUT2D eigenvalue weighted by molar-refractivity contribution is 5.67. The zero-order chi connectivity index (χ0) is 13.3. The number of esters is 1. The monoisotopic (exact) mass is 247 g/mol. The van der Waals surface area contributed by atoms with Crippen LogP contribution in [-0.4, -0.2) is 44.0 Å². The second-order valence-corrected chi connectivity index (χ2v) is 4.38. The zero-order valence-electron chi connectivity index (χ0n) is 10.9. The fourth-order valence-electron chi connectivity index (χ4n) is 0.886. The summed E-state index contributed by atoms with van der Waals surface area (Å²) >= 11 is 0. The van der Waals surface area contributed by atoms with Gasteiger partial charge >= 0.3 is 12.1 Å². The standard InChI is InChI=1S/C11H21NO5/c1-9(13)16-8-7-15-6-5-12-10(14)17-11(2,3)4/h5-8H2,1-4H3,(H,12,14). The predicted octanol–water partition coefficient (Wildman–Crippen LogP) is 1.09. The highest BCUT2D eigenvalue weighted by Crippen LogP contribution is 2.05. The molecule has 0 heterocycles. The lowest BCUT2D eigenvalue weighted by atomic mass is 10.2. The quantitative estimate of drug-likeness (QED) is 0.562. The van der Waals surface area contributed by atoms with Crippen LogP contribution in [0.5, 0.6) is 0 Å². The first kappa shape index (κ1) is 15.7. The smallest absolute Gasteiger partial charge is 0.407 e. The van der Waals surface area contributed by atoms with Gasteiger partial charge in [0.05, 0.1) is 13.2 Å². The number of hydrogen-bond donors (Lipinski definition) is 1. The van der Waals surface area contributed by atoms with E-state index in [-0.39, 0.29) is 12.6 Å². The van der Waals surface area contributed by atoms with E-state index in [1.54, 1.807) is 20.8 Å². The number of alkyl carbamates (subject to hydrolysis) is 1. The van der Waals surface area contributed by atoms with Crippen molar-refractivity contribution in [3.8, 4) is 0 Å². The van der Waals surface area contributed by atoms with E-state index in [0.29, 0.717) is 19.8 Å². The fraction of sp³-hybridized carbons (Fsp3) is 0.818. The van der Waals surface area contributed by atoms with Crippen LogP contribution in [-0.2, 0) is 19.0 Å². The number of hydrogen-bond acceptors (Lipinski definition) is 5. The number of nitrogens with one attached hydrogen (secondary N) is 1. The van der Waals surface area contributed by atoms with Crippen molar-refractivity contribution in [2.45, 2.75) is 33.3 Å². The van der Waals surface area contributed by atoms with E-state index in [2.05, 4.69) is 10.1 Å². The molecule has 0 spiro atoms. The zero-order valence-corrected chi connectivity index (χ0v) is 10.9. The molecule has 0 rings (SSSR count). The van der Waals surface area contributed by atoms with Crippen molar-refractivity contribution >= 4 is 12.1 Å². The first-order valence-corrected chi connectivity index (χ1v) is 5.49. The second-order valence-electron chi connectivity index (χ2n) is 4.38. The molecule has 0 fully saturated rings. The second kappa shape index (κ2) is 7.89. The Balaban J connectivity index is 3.34. The van der Waals surface area contributed by atoms with Crippen LogP contribution in [0, 0.1) is 0 Å². The molecular formula is C11H21NO5. The molecule has 0 aliphatic carbocycles. The molecule has 0 aromatic heterocycles. The van der Waals surface area contributed by atoms with Crippen LogP contribution in [0.2, 0.25) is 0 Å². The Kier molecular flexibility index (Phi) is 7.29. The summed E-state index contributed by atoms with van der Waals surface area (Å²) in [6.45, 7) is 7.96. The maximum Gasteiger partial charge on any atom is 0.407 e. The molecule has 0 atom stereocenters. The van der Waals surface area contributed by atoms with E-state index < -0.39 is 11.7 Å². The van der Waals surface area contributed by atoms with Gasteiger partial charge in [-0.15, -0.1) is 0 Å². The molecule has 6 nitrogen and oxygen atoms in total. The van der Waals surface area contributed by atoms with Gasteiger partial charge in [0, 0.05) is 13.5 Å². The van der Waals surface area contributed by atoms with Gasteiger partial charge in [-0.05, 0) is 20.8 Å². The van der Waals surface area contributed by atoms with Gasteiger partial charge in [-0.2, -0.15) is 0 Å². The van der Waals surface area contributed by atoms with Gasteiger partial charge in [0.1, 0.15) is 12.2 Å². The Hall–Kier alpha value is -1.30. The van der Waals surface area contributed by atoms with E-state index >= 15 is 0 Å². The van der Waals surface area contributed by atoms with Gasteiger partial charge in [-0.1, -0.05) is 0 Å². The summed E-state index contributed by atoms with van der Waals surface area (Å²) in [5.74, 6) is -0.333. The summed E-state index contributed by atoms with van der Waals surface area (Å²) < 4.78 is 14.8. The molecule has 0 saturated heterocycles. The molecular weight excluding hydrogens is 226 g/mol. The SMILES string of the molecule is CC(=O)OCCOCCNC(=O)OC(C)(C)C. The van der Waals surface area contributed by atoms with Crippen molar-refractivity contribution in [2.24, 2.45) is 0 Å². The minimum absolute atomic E-state index is 0.224. The van der Waals surface area contributed by atoms with Crippen molar-refractivity contribution < 1.29 is 23.8 Å². The molecule has 0 radical (unpaired) electrons. The van der Waals surface area contributed by atoms with E-state index in [0.717, 1.165) is 0 Å². The Bertz CT molecular complexity index is 247. The number of ether oxygens (including phenoxy) is 3. The van der Waals surface area contributed by atoms with E-state index in [4.69, 9.17) is 9.47 Å². The molecule has 17 heavy (non-hydrogen) atoms. The summed E-state index contributed by atoms with van der Waals surface area (Å²) in [7, 11) is 0. The molecule has 6 heteroatoms. The van der Waals surface area contributed by atoms with E-state index in [9.17, 15) is 9.59 Å². The topological polar surface area (TPSA) is 73.9 Å². The van der Waals surface area contributed by atoms with Crippen molar-refractivity contribution in [3.05, 3.63) is 0 Å². The Morgan fingerprint density at radius 2 is 1.76 bits per heavy atom. The molecule has 1 amide bonds. The fourth-order valence-corrected chi connectivity index (χ4v) is 0.886. The molecule has 100 valence electrons. The highest BCUT2D eigenvalue weighted by Gasteiger charge is 2.15. The molecule has 0 aliphatic heterocycles. The first-order valence-electron chi connectivity index (χ1n) is 5.49. The minimum atomic E-state index is -0.500. The first-order chi connectivity index (χ1) is 7.81. The van der Waals surface area contributed by atoms with Crippen molar-refractivity contribution in [2.75, 3.05) is 26.4 Å². The maximum atomic E-state index is 11.2. The summed E-state index contributed by atoms with van der Waals surface area (Å²) in [4.78, 5) is 21.6. The molecule has 0 bridgehead atoms. The number of carbonyl (C=O) groups excluding carboxylic acids is 2. The normalized spacial score (nSPS) is 10.8. The molecule has 0 saturated carbocycles. The van der Waals surface area contributed by atoms with Gasteiger partial charge in [0.15, 0.2) is 0 Å². The lowest BCUT2D eigenvalue weighted by molar-refractivity contribution is -0.142. The highest BCUT2D eigenvalue weighted by atomic mass is 16.6. The van der Waals surface area contributed by atoms with Crippen molar-refractivity contribution in [1.29, 1.82) is 0 Å². The Morgan fingerprint density at radius 3 is 2.29 bits per heavy atom. The van der Waals surface area contributed by atoms with Crippen LogP contribution in [0.3, 0.4) is 0 Å².